The lowest BCUT2D eigenvalue weighted by Gasteiger charge is -2.24. The predicted octanol–water partition coefficient (Wildman–Crippen LogP) is 2.30. The summed E-state index contributed by atoms with van der Waals surface area (Å²) < 4.78 is 12.8. The van der Waals surface area contributed by atoms with Crippen LogP contribution in [0.4, 0.5) is 4.39 Å². The molecular formula is C14H23FN2. The zero-order valence-corrected chi connectivity index (χ0v) is 11.0. The Kier molecular flexibility index (Phi) is 6.16. The molecule has 0 saturated carbocycles. The molecule has 0 heterocycles. The van der Waals surface area contributed by atoms with E-state index in [0.717, 1.165) is 25.9 Å². The van der Waals surface area contributed by atoms with Crippen molar-refractivity contribution in [3.63, 3.8) is 0 Å². The molecule has 96 valence electrons. The molecule has 1 unspecified atom stereocenters. The molecule has 1 aromatic rings. The number of hydrogen-bond acceptors (Lipinski definition) is 2. The van der Waals surface area contributed by atoms with Crippen molar-refractivity contribution in [3.05, 3.63) is 35.6 Å². The second-order valence-electron chi connectivity index (χ2n) is 4.62. The molecular weight excluding hydrogens is 215 g/mol. The fourth-order valence-corrected chi connectivity index (χ4v) is 1.84. The van der Waals surface area contributed by atoms with Gasteiger partial charge < -0.3 is 10.2 Å². The van der Waals surface area contributed by atoms with E-state index in [9.17, 15) is 4.39 Å². The van der Waals surface area contributed by atoms with Crippen LogP contribution in [0.15, 0.2) is 24.3 Å². The quantitative estimate of drug-likeness (QED) is 0.733. The Balaban J connectivity index is 2.37. The molecule has 0 radical (unpaired) electrons. The van der Waals surface area contributed by atoms with Gasteiger partial charge in [0, 0.05) is 6.04 Å². The third-order valence-corrected chi connectivity index (χ3v) is 3.13. The summed E-state index contributed by atoms with van der Waals surface area (Å²) in [4.78, 5) is 2.35. The van der Waals surface area contributed by atoms with E-state index in [1.165, 1.54) is 17.7 Å². The maximum atomic E-state index is 12.8. The van der Waals surface area contributed by atoms with E-state index in [4.69, 9.17) is 0 Å². The molecule has 17 heavy (non-hydrogen) atoms. The highest BCUT2D eigenvalue weighted by atomic mass is 19.1. The molecule has 3 heteroatoms. The fraction of sp³-hybridized carbons (Fsp3) is 0.571. The number of benzene rings is 1. The maximum Gasteiger partial charge on any atom is 0.123 e. The summed E-state index contributed by atoms with van der Waals surface area (Å²) >= 11 is 0. The second kappa shape index (κ2) is 7.41. The lowest BCUT2D eigenvalue weighted by atomic mass is 10.1. The highest BCUT2D eigenvalue weighted by Gasteiger charge is 2.09. The Bertz CT molecular complexity index is 311. The molecule has 0 aromatic heterocycles. The standard InChI is InChI=1S/C14H23FN2/c1-12(17(3)10-4-9-16-2)11-13-5-7-14(15)8-6-13/h5-8,12,16H,4,9-11H2,1-3H3. The van der Waals surface area contributed by atoms with Gasteiger partial charge in [-0.1, -0.05) is 12.1 Å². The van der Waals surface area contributed by atoms with Crippen LogP contribution in [0.25, 0.3) is 0 Å². The first-order chi connectivity index (χ1) is 8.13. The van der Waals surface area contributed by atoms with Crippen LogP contribution in [0.2, 0.25) is 0 Å². The lowest BCUT2D eigenvalue weighted by Crippen LogP contribution is -2.32. The van der Waals surface area contributed by atoms with Gasteiger partial charge in [0.2, 0.25) is 0 Å². The smallest absolute Gasteiger partial charge is 0.123 e. The Morgan fingerprint density at radius 3 is 2.53 bits per heavy atom. The van der Waals surface area contributed by atoms with Crippen LogP contribution in [-0.4, -0.2) is 38.1 Å². The molecule has 0 bridgehead atoms. The number of likely N-dealkylation sites (N-methyl/N-ethyl adjacent to an activating group) is 1. The average molecular weight is 238 g/mol. The summed E-state index contributed by atoms with van der Waals surface area (Å²) in [7, 11) is 4.12. The van der Waals surface area contributed by atoms with E-state index in [2.05, 4.69) is 24.2 Å². The van der Waals surface area contributed by atoms with Gasteiger partial charge in [0.1, 0.15) is 5.82 Å². The number of rotatable bonds is 7. The molecule has 1 rings (SSSR count). The van der Waals surface area contributed by atoms with Crippen molar-refractivity contribution in [1.29, 1.82) is 0 Å². The first kappa shape index (κ1) is 14.1. The SMILES string of the molecule is CNCCCN(C)C(C)Cc1ccc(F)cc1. The Labute approximate surface area is 104 Å². The molecule has 0 fully saturated rings. The molecule has 0 saturated heterocycles. The molecule has 0 aliphatic rings. The summed E-state index contributed by atoms with van der Waals surface area (Å²) in [5, 5.41) is 3.15. The Morgan fingerprint density at radius 2 is 1.94 bits per heavy atom. The van der Waals surface area contributed by atoms with E-state index in [-0.39, 0.29) is 5.82 Å². The molecule has 1 aromatic carbocycles. The van der Waals surface area contributed by atoms with Crippen molar-refractivity contribution in [2.45, 2.75) is 25.8 Å². The third kappa shape index (κ3) is 5.29. The minimum absolute atomic E-state index is 0.163. The molecule has 0 aliphatic heterocycles. The maximum absolute atomic E-state index is 12.8. The highest BCUT2D eigenvalue weighted by Crippen LogP contribution is 2.09. The van der Waals surface area contributed by atoms with Crippen LogP contribution in [0, 0.1) is 5.82 Å². The van der Waals surface area contributed by atoms with Gasteiger partial charge in [0.15, 0.2) is 0 Å². The fourth-order valence-electron chi connectivity index (χ4n) is 1.84. The lowest BCUT2D eigenvalue weighted by molar-refractivity contribution is 0.253. The van der Waals surface area contributed by atoms with E-state index in [1.807, 2.05) is 19.2 Å². The summed E-state index contributed by atoms with van der Waals surface area (Å²) in [5.41, 5.74) is 1.19. The van der Waals surface area contributed by atoms with Crippen LogP contribution < -0.4 is 5.32 Å². The van der Waals surface area contributed by atoms with Gasteiger partial charge in [-0.15, -0.1) is 0 Å². The average Bonchev–Trinajstić information content (AvgIpc) is 2.32. The molecule has 2 nitrogen and oxygen atoms in total. The van der Waals surface area contributed by atoms with Crippen LogP contribution in [0.3, 0.4) is 0 Å². The first-order valence-electron chi connectivity index (χ1n) is 6.22. The van der Waals surface area contributed by atoms with E-state index < -0.39 is 0 Å². The van der Waals surface area contributed by atoms with Crippen LogP contribution in [0.5, 0.6) is 0 Å². The number of halogens is 1. The van der Waals surface area contributed by atoms with Gasteiger partial charge in [0.25, 0.3) is 0 Å². The topological polar surface area (TPSA) is 15.3 Å². The van der Waals surface area contributed by atoms with E-state index >= 15 is 0 Å². The minimum Gasteiger partial charge on any atom is -0.320 e. The summed E-state index contributed by atoms with van der Waals surface area (Å²) in [6.45, 7) is 4.35. The highest BCUT2D eigenvalue weighted by molar-refractivity contribution is 5.16. The van der Waals surface area contributed by atoms with Crippen molar-refractivity contribution in [2.24, 2.45) is 0 Å². The Hall–Kier alpha value is -0.930. The van der Waals surface area contributed by atoms with Crippen LogP contribution >= 0.6 is 0 Å². The van der Waals surface area contributed by atoms with Crippen molar-refractivity contribution in [1.82, 2.24) is 10.2 Å². The molecule has 0 spiro atoms. The third-order valence-electron chi connectivity index (χ3n) is 3.13. The van der Waals surface area contributed by atoms with E-state index in [0.29, 0.717) is 6.04 Å². The zero-order chi connectivity index (χ0) is 12.7. The molecule has 0 amide bonds. The van der Waals surface area contributed by atoms with Gasteiger partial charge in [-0.25, -0.2) is 4.39 Å². The second-order valence-corrected chi connectivity index (χ2v) is 4.62. The predicted molar refractivity (Wildman–Crippen MR) is 70.7 cm³/mol. The number of nitrogens with zero attached hydrogens (tertiary/aromatic N) is 1. The van der Waals surface area contributed by atoms with Gasteiger partial charge in [-0.3, -0.25) is 0 Å². The molecule has 1 N–H and O–H groups in total. The van der Waals surface area contributed by atoms with Crippen LogP contribution in [0.1, 0.15) is 18.9 Å². The minimum atomic E-state index is -0.163. The van der Waals surface area contributed by atoms with Gasteiger partial charge in [-0.05, 0) is 64.6 Å². The van der Waals surface area contributed by atoms with Crippen molar-refractivity contribution in [2.75, 3.05) is 27.2 Å². The van der Waals surface area contributed by atoms with Crippen molar-refractivity contribution in [3.8, 4) is 0 Å². The van der Waals surface area contributed by atoms with Crippen LogP contribution in [-0.2, 0) is 6.42 Å². The normalized spacial score (nSPS) is 13.0. The van der Waals surface area contributed by atoms with Gasteiger partial charge >= 0.3 is 0 Å². The summed E-state index contributed by atoms with van der Waals surface area (Å²) in [6.07, 6.45) is 2.12. The van der Waals surface area contributed by atoms with Crippen molar-refractivity contribution >= 4 is 0 Å². The van der Waals surface area contributed by atoms with Gasteiger partial charge in [-0.2, -0.15) is 0 Å². The first-order valence-corrected chi connectivity index (χ1v) is 6.22. The summed E-state index contributed by atoms with van der Waals surface area (Å²) in [6, 6.07) is 7.28. The monoisotopic (exact) mass is 238 g/mol. The Morgan fingerprint density at radius 1 is 1.29 bits per heavy atom. The zero-order valence-electron chi connectivity index (χ0n) is 11.0. The van der Waals surface area contributed by atoms with Crippen molar-refractivity contribution < 1.29 is 4.39 Å². The molecule has 1 atom stereocenters. The number of nitrogens with one attached hydrogen (secondary N) is 1. The van der Waals surface area contributed by atoms with Gasteiger partial charge in [0.05, 0.1) is 0 Å². The summed E-state index contributed by atoms with van der Waals surface area (Å²) in [5.74, 6) is -0.163. The van der Waals surface area contributed by atoms with E-state index in [1.54, 1.807) is 0 Å². The molecule has 0 aliphatic carbocycles. The largest absolute Gasteiger partial charge is 0.320 e. The number of hydrogen-bond donors (Lipinski definition) is 1.